The largest absolute Gasteiger partial charge is 0.489 e. The van der Waals surface area contributed by atoms with E-state index in [0.29, 0.717) is 10.8 Å². The lowest BCUT2D eigenvalue weighted by molar-refractivity contribution is -0.154. The van der Waals surface area contributed by atoms with Gasteiger partial charge in [-0.15, -0.1) is 0 Å². The van der Waals surface area contributed by atoms with Crippen LogP contribution in [0.15, 0.2) is 42.5 Å². The van der Waals surface area contributed by atoms with Crippen molar-refractivity contribution < 1.29 is 27.5 Å². The maximum atomic E-state index is 12.0. The van der Waals surface area contributed by atoms with Crippen molar-refractivity contribution in [3.63, 3.8) is 0 Å². The van der Waals surface area contributed by atoms with Gasteiger partial charge in [0.15, 0.2) is 0 Å². The fourth-order valence-electron chi connectivity index (χ4n) is 2.05. The molecule has 0 spiro atoms. The van der Waals surface area contributed by atoms with Gasteiger partial charge in [-0.05, 0) is 48.4 Å². The second-order valence-electron chi connectivity index (χ2n) is 5.69. The van der Waals surface area contributed by atoms with Crippen molar-refractivity contribution in [3.8, 4) is 5.75 Å². The average Bonchev–Trinajstić information content (AvgIpc) is 2.59. The number of hydrazine groups is 1. The number of carbonyl (C=O) groups is 2. The SMILES string of the molecule is Cc1cc(OCc2ccc(C(=O)NNC(=O)CC(F)(F)F)cc2)ccc1Cl. The Morgan fingerprint density at radius 3 is 2.33 bits per heavy atom. The summed E-state index contributed by atoms with van der Waals surface area (Å²) in [4.78, 5) is 22.9. The standard InChI is InChI=1S/C18H16ClF3N2O3/c1-11-8-14(6-7-15(11)19)27-10-12-2-4-13(5-3-12)17(26)24-23-16(25)9-18(20,21)22/h2-8H,9-10H2,1H3,(H,23,25)(H,24,26). The number of rotatable bonds is 5. The topological polar surface area (TPSA) is 67.4 Å². The second kappa shape index (κ2) is 8.77. The second-order valence-corrected chi connectivity index (χ2v) is 6.10. The molecule has 5 nitrogen and oxygen atoms in total. The Hall–Kier alpha value is -2.74. The molecule has 0 aliphatic rings. The van der Waals surface area contributed by atoms with E-state index in [4.69, 9.17) is 16.3 Å². The van der Waals surface area contributed by atoms with Gasteiger partial charge in [0, 0.05) is 10.6 Å². The minimum atomic E-state index is -4.64. The highest BCUT2D eigenvalue weighted by Crippen LogP contribution is 2.22. The molecule has 0 aliphatic heterocycles. The van der Waals surface area contributed by atoms with Crippen LogP contribution >= 0.6 is 11.6 Å². The van der Waals surface area contributed by atoms with Crippen LogP contribution in [0.25, 0.3) is 0 Å². The van der Waals surface area contributed by atoms with Gasteiger partial charge >= 0.3 is 6.18 Å². The molecule has 2 amide bonds. The Bertz CT molecular complexity index is 824. The van der Waals surface area contributed by atoms with Gasteiger partial charge in [0.05, 0.1) is 0 Å². The van der Waals surface area contributed by atoms with Crippen LogP contribution in [0.2, 0.25) is 5.02 Å². The summed E-state index contributed by atoms with van der Waals surface area (Å²) in [6.07, 6.45) is -6.31. The van der Waals surface area contributed by atoms with Crippen molar-refractivity contribution in [1.29, 1.82) is 0 Å². The van der Waals surface area contributed by atoms with E-state index in [2.05, 4.69) is 0 Å². The van der Waals surface area contributed by atoms with Crippen LogP contribution in [-0.4, -0.2) is 18.0 Å². The molecular formula is C18H16ClF3N2O3. The third-order valence-corrected chi connectivity index (χ3v) is 3.85. The number of halogens is 4. The van der Waals surface area contributed by atoms with Crippen molar-refractivity contribution >= 4 is 23.4 Å². The van der Waals surface area contributed by atoms with Crippen molar-refractivity contribution in [1.82, 2.24) is 10.9 Å². The van der Waals surface area contributed by atoms with E-state index >= 15 is 0 Å². The lowest BCUT2D eigenvalue weighted by Gasteiger charge is -2.10. The predicted octanol–water partition coefficient (Wildman–Crippen LogP) is 3.94. The van der Waals surface area contributed by atoms with Crippen LogP contribution in [0.5, 0.6) is 5.75 Å². The summed E-state index contributed by atoms with van der Waals surface area (Å²) in [5.74, 6) is -1.43. The van der Waals surface area contributed by atoms with Crippen molar-refractivity contribution in [3.05, 3.63) is 64.2 Å². The van der Waals surface area contributed by atoms with Gasteiger partial charge in [0.25, 0.3) is 5.91 Å². The van der Waals surface area contributed by atoms with Gasteiger partial charge in [-0.3, -0.25) is 20.4 Å². The first-order chi connectivity index (χ1) is 12.6. The van der Waals surface area contributed by atoms with Crippen LogP contribution < -0.4 is 15.6 Å². The lowest BCUT2D eigenvalue weighted by Crippen LogP contribution is -2.43. The molecule has 0 unspecified atom stereocenters. The maximum absolute atomic E-state index is 12.0. The lowest BCUT2D eigenvalue weighted by atomic mass is 10.1. The predicted molar refractivity (Wildman–Crippen MR) is 93.2 cm³/mol. The number of carbonyl (C=O) groups excluding carboxylic acids is 2. The first-order valence-corrected chi connectivity index (χ1v) is 8.16. The molecule has 144 valence electrons. The van der Waals surface area contributed by atoms with E-state index in [1.807, 2.05) is 12.3 Å². The number of amides is 2. The number of alkyl halides is 3. The highest BCUT2D eigenvalue weighted by Gasteiger charge is 2.31. The summed E-state index contributed by atoms with van der Waals surface area (Å²) in [6.45, 7) is 2.11. The zero-order valence-electron chi connectivity index (χ0n) is 14.2. The third-order valence-electron chi connectivity index (χ3n) is 3.43. The van der Waals surface area contributed by atoms with Crippen LogP contribution in [-0.2, 0) is 11.4 Å². The molecule has 0 bridgehead atoms. The van der Waals surface area contributed by atoms with Gasteiger partial charge in [0.1, 0.15) is 18.8 Å². The monoisotopic (exact) mass is 400 g/mol. The quantitative estimate of drug-likeness (QED) is 0.747. The smallest absolute Gasteiger partial charge is 0.397 e. The molecular weight excluding hydrogens is 385 g/mol. The zero-order chi connectivity index (χ0) is 20.0. The number of aryl methyl sites for hydroxylation is 1. The van der Waals surface area contributed by atoms with E-state index in [1.165, 1.54) is 12.1 Å². The summed E-state index contributed by atoms with van der Waals surface area (Å²) < 4.78 is 41.8. The van der Waals surface area contributed by atoms with E-state index in [0.717, 1.165) is 11.1 Å². The molecule has 2 N–H and O–H groups in total. The molecule has 0 fully saturated rings. The van der Waals surface area contributed by atoms with E-state index < -0.39 is 24.4 Å². The Balaban J connectivity index is 1.85. The first kappa shape index (κ1) is 20.6. The number of nitrogens with one attached hydrogen (secondary N) is 2. The van der Waals surface area contributed by atoms with Crippen molar-refractivity contribution in [2.24, 2.45) is 0 Å². The van der Waals surface area contributed by atoms with Crippen LogP contribution in [0.1, 0.15) is 27.9 Å². The minimum Gasteiger partial charge on any atom is -0.489 e. The van der Waals surface area contributed by atoms with Gasteiger partial charge in [-0.25, -0.2) is 0 Å². The molecule has 2 aromatic carbocycles. The van der Waals surface area contributed by atoms with Gasteiger partial charge in [-0.1, -0.05) is 23.7 Å². The van der Waals surface area contributed by atoms with E-state index in [9.17, 15) is 22.8 Å². The summed E-state index contributed by atoms with van der Waals surface area (Å²) in [5, 5.41) is 0.639. The molecule has 0 aromatic heterocycles. The molecule has 0 heterocycles. The molecule has 0 saturated heterocycles. The van der Waals surface area contributed by atoms with E-state index in [1.54, 1.807) is 35.8 Å². The maximum Gasteiger partial charge on any atom is 0.397 e. The zero-order valence-corrected chi connectivity index (χ0v) is 14.9. The number of benzene rings is 2. The Kier molecular flexibility index (Phi) is 6.68. The Morgan fingerprint density at radius 1 is 1.07 bits per heavy atom. The average molecular weight is 401 g/mol. The Labute approximate surface area is 158 Å². The van der Waals surface area contributed by atoms with Gasteiger partial charge < -0.3 is 4.74 Å². The molecule has 0 atom stereocenters. The van der Waals surface area contributed by atoms with Crippen LogP contribution in [0, 0.1) is 6.92 Å². The van der Waals surface area contributed by atoms with Crippen molar-refractivity contribution in [2.75, 3.05) is 0 Å². The van der Waals surface area contributed by atoms with Crippen LogP contribution in [0.4, 0.5) is 13.2 Å². The molecule has 0 aliphatic carbocycles. The summed E-state index contributed by atoms with van der Waals surface area (Å²) in [5.41, 5.74) is 5.48. The van der Waals surface area contributed by atoms with Gasteiger partial charge in [0.2, 0.25) is 5.91 Å². The van der Waals surface area contributed by atoms with E-state index in [-0.39, 0.29) is 12.2 Å². The number of ether oxygens (including phenoxy) is 1. The highest BCUT2D eigenvalue weighted by molar-refractivity contribution is 6.31. The summed E-state index contributed by atoms with van der Waals surface area (Å²) in [6, 6.07) is 11.5. The summed E-state index contributed by atoms with van der Waals surface area (Å²) in [7, 11) is 0. The fourth-order valence-corrected chi connectivity index (χ4v) is 2.17. The molecule has 9 heteroatoms. The fraction of sp³-hybridized carbons (Fsp3) is 0.222. The normalized spacial score (nSPS) is 11.0. The molecule has 0 saturated carbocycles. The van der Waals surface area contributed by atoms with Gasteiger partial charge in [-0.2, -0.15) is 13.2 Å². The Morgan fingerprint density at radius 2 is 1.74 bits per heavy atom. The molecule has 27 heavy (non-hydrogen) atoms. The number of hydrogen-bond donors (Lipinski definition) is 2. The molecule has 2 aromatic rings. The third kappa shape index (κ3) is 6.82. The minimum absolute atomic E-state index is 0.174. The number of hydrogen-bond acceptors (Lipinski definition) is 3. The first-order valence-electron chi connectivity index (χ1n) is 7.78. The summed E-state index contributed by atoms with van der Waals surface area (Å²) >= 11 is 5.95. The highest BCUT2D eigenvalue weighted by atomic mass is 35.5. The molecule has 2 rings (SSSR count). The van der Waals surface area contributed by atoms with Crippen molar-refractivity contribution in [2.45, 2.75) is 26.1 Å². The van der Waals surface area contributed by atoms with Crippen LogP contribution in [0.3, 0.4) is 0 Å². The molecule has 0 radical (unpaired) electrons.